The first-order valence-corrected chi connectivity index (χ1v) is 6.62. The van der Waals surface area contributed by atoms with Gasteiger partial charge in [0.25, 0.3) is 0 Å². The fourth-order valence-electron chi connectivity index (χ4n) is 3.31. The van der Waals surface area contributed by atoms with E-state index in [0.29, 0.717) is 6.10 Å². The van der Waals surface area contributed by atoms with Crippen LogP contribution in [0.4, 0.5) is 0 Å². The van der Waals surface area contributed by atoms with Crippen molar-refractivity contribution in [1.29, 1.82) is 0 Å². The molecule has 2 fully saturated rings. The molecule has 0 amide bonds. The minimum Gasteiger partial charge on any atom is -0.378 e. The maximum absolute atomic E-state index is 6.52. The highest BCUT2D eigenvalue weighted by Gasteiger charge is 2.35. The first kappa shape index (κ1) is 11.4. The van der Waals surface area contributed by atoms with Crippen LogP contribution in [-0.2, 0) is 4.74 Å². The van der Waals surface area contributed by atoms with E-state index in [2.05, 4.69) is 6.92 Å². The highest BCUT2D eigenvalue weighted by atomic mass is 16.5. The summed E-state index contributed by atoms with van der Waals surface area (Å²) >= 11 is 0. The van der Waals surface area contributed by atoms with Crippen LogP contribution in [0.5, 0.6) is 0 Å². The van der Waals surface area contributed by atoms with Crippen LogP contribution in [0.15, 0.2) is 0 Å². The second kappa shape index (κ2) is 4.84. The molecule has 1 saturated carbocycles. The summed E-state index contributed by atoms with van der Waals surface area (Å²) in [5.74, 6) is 0.866. The van der Waals surface area contributed by atoms with E-state index in [4.69, 9.17) is 10.5 Å². The van der Waals surface area contributed by atoms with E-state index in [9.17, 15) is 0 Å². The summed E-state index contributed by atoms with van der Waals surface area (Å²) < 4.78 is 5.71. The lowest BCUT2D eigenvalue weighted by Crippen LogP contribution is -2.46. The molecule has 15 heavy (non-hydrogen) atoms. The summed E-state index contributed by atoms with van der Waals surface area (Å²) in [5, 5.41) is 0. The summed E-state index contributed by atoms with van der Waals surface area (Å²) in [4.78, 5) is 0. The van der Waals surface area contributed by atoms with Crippen molar-refractivity contribution in [2.24, 2.45) is 11.7 Å². The van der Waals surface area contributed by atoms with Crippen molar-refractivity contribution in [1.82, 2.24) is 0 Å². The Morgan fingerprint density at radius 1 is 1.33 bits per heavy atom. The molecule has 0 aromatic rings. The highest BCUT2D eigenvalue weighted by molar-refractivity contribution is 4.93. The summed E-state index contributed by atoms with van der Waals surface area (Å²) in [5.41, 5.74) is 6.62. The highest BCUT2D eigenvalue weighted by Crippen LogP contribution is 2.36. The molecule has 3 atom stereocenters. The zero-order valence-electron chi connectivity index (χ0n) is 10.0. The Kier molecular flexibility index (Phi) is 3.68. The Hall–Kier alpha value is -0.0800. The first-order chi connectivity index (χ1) is 7.22. The molecule has 0 aromatic carbocycles. The molecule has 0 spiro atoms. The molecular weight excluding hydrogens is 186 g/mol. The third kappa shape index (κ3) is 2.94. The smallest absolute Gasteiger partial charge is 0.0593 e. The molecule has 1 heterocycles. The molecule has 0 bridgehead atoms. The molecule has 2 aliphatic rings. The van der Waals surface area contributed by atoms with Gasteiger partial charge in [0.1, 0.15) is 0 Å². The van der Waals surface area contributed by atoms with Crippen LogP contribution < -0.4 is 5.73 Å². The van der Waals surface area contributed by atoms with Gasteiger partial charge in [0.15, 0.2) is 0 Å². The van der Waals surface area contributed by atoms with Gasteiger partial charge in [-0.2, -0.15) is 0 Å². The zero-order chi connectivity index (χ0) is 10.7. The zero-order valence-corrected chi connectivity index (χ0v) is 10.0. The summed E-state index contributed by atoms with van der Waals surface area (Å²) in [6.07, 6.45) is 10.5. The molecule has 2 rings (SSSR count). The van der Waals surface area contributed by atoms with Crippen molar-refractivity contribution in [3.05, 3.63) is 0 Å². The fourth-order valence-corrected chi connectivity index (χ4v) is 3.31. The second-order valence-corrected chi connectivity index (χ2v) is 5.57. The molecule has 88 valence electrons. The Balaban J connectivity index is 1.87. The summed E-state index contributed by atoms with van der Waals surface area (Å²) in [6.45, 7) is 3.25. The van der Waals surface area contributed by atoms with Crippen LogP contribution >= 0.6 is 0 Å². The standard InChI is InChI=1S/C13H25NO/c1-2-11-5-3-7-13(14,9-11)10-12-6-4-8-15-12/h11-12H,2-10,14H2,1H3. The fraction of sp³-hybridized carbons (Fsp3) is 1.00. The first-order valence-electron chi connectivity index (χ1n) is 6.62. The van der Waals surface area contributed by atoms with Gasteiger partial charge in [-0.3, -0.25) is 0 Å². The summed E-state index contributed by atoms with van der Waals surface area (Å²) in [6, 6.07) is 0. The lowest BCUT2D eigenvalue weighted by atomic mass is 9.72. The van der Waals surface area contributed by atoms with E-state index < -0.39 is 0 Å². The van der Waals surface area contributed by atoms with Crippen LogP contribution in [0.3, 0.4) is 0 Å². The number of nitrogens with two attached hydrogens (primary N) is 1. The average Bonchev–Trinajstić information content (AvgIpc) is 2.69. The van der Waals surface area contributed by atoms with Crippen molar-refractivity contribution in [2.45, 2.75) is 69.9 Å². The molecule has 2 heteroatoms. The van der Waals surface area contributed by atoms with E-state index >= 15 is 0 Å². The lowest BCUT2D eigenvalue weighted by Gasteiger charge is -2.39. The average molecular weight is 211 g/mol. The van der Waals surface area contributed by atoms with Crippen LogP contribution in [0.2, 0.25) is 0 Å². The Morgan fingerprint density at radius 3 is 2.87 bits per heavy atom. The van der Waals surface area contributed by atoms with Crippen molar-refractivity contribution < 1.29 is 4.74 Å². The minimum atomic E-state index is 0.0912. The Morgan fingerprint density at radius 2 is 2.20 bits per heavy atom. The number of hydrogen-bond acceptors (Lipinski definition) is 2. The topological polar surface area (TPSA) is 35.2 Å². The molecule has 1 saturated heterocycles. The minimum absolute atomic E-state index is 0.0912. The van der Waals surface area contributed by atoms with Gasteiger partial charge in [-0.15, -0.1) is 0 Å². The van der Waals surface area contributed by atoms with Crippen LogP contribution in [0.25, 0.3) is 0 Å². The molecule has 0 radical (unpaired) electrons. The molecule has 0 aromatic heterocycles. The van der Waals surface area contributed by atoms with E-state index in [1.165, 1.54) is 44.9 Å². The molecule has 3 unspecified atom stereocenters. The maximum Gasteiger partial charge on any atom is 0.0593 e. The van der Waals surface area contributed by atoms with Crippen LogP contribution in [0, 0.1) is 5.92 Å². The number of hydrogen-bond donors (Lipinski definition) is 1. The predicted molar refractivity (Wildman–Crippen MR) is 62.8 cm³/mol. The number of ether oxygens (including phenoxy) is 1. The van der Waals surface area contributed by atoms with Gasteiger partial charge >= 0.3 is 0 Å². The third-order valence-corrected chi connectivity index (χ3v) is 4.22. The van der Waals surface area contributed by atoms with Crippen molar-refractivity contribution in [3.63, 3.8) is 0 Å². The summed E-state index contributed by atoms with van der Waals surface area (Å²) in [7, 11) is 0. The normalized spacial score (nSPS) is 42.0. The van der Waals surface area contributed by atoms with Gasteiger partial charge in [-0.1, -0.05) is 26.2 Å². The molecular formula is C13H25NO. The van der Waals surface area contributed by atoms with Crippen molar-refractivity contribution >= 4 is 0 Å². The van der Waals surface area contributed by atoms with Gasteiger partial charge in [0.05, 0.1) is 6.10 Å². The van der Waals surface area contributed by atoms with Gasteiger partial charge in [-0.05, 0) is 38.0 Å². The SMILES string of the molecule is CCC1CCCC(N)(CC2CCCO2)C1. The second-order valence-electron chi connectivity index (χ2n) is 5.57. The van der Waals surface area contributed by atoms with Crippen molar-refractivity contribution in [3.8, 4) is 0 Å². The molecule has 1 aliphatic carbocycles. The monoisotopic (exact) mass is 211 g/mol. The lowest BCUT2D eigenvalue weighted by molar-refractivity contribution is 0.0666. The van der Waals surface area contributed by atoms with E-state index in [1.807, 2.05) is 0 Å². The van der Waals surface area contributed by atoms with E-state index in [0.717, 1.165) is 18.9 Å². The molecule has 2 N–H and O–H groups in total. The molecule has 1 aliphatic heterocycles. The van der Waals surface area contributed by atoms with Gasteiger partial charge in [0.2, 0.25) is 0 Å². The Bertz CT molecular complexity index is 201. The van der Waals surface area contributed by atoms with Crippen LogP contribution in [0.1, 0.15) is 58.3 Å². The molecule has 2 nitrogen and oxygen atoms in total. The van der Waals surface area contributed by atoms with Gasteiger partial charge in [-0.25, -0.2) is 0 Å². The number of rotatable bonds is 3. The van der Waals surface area contributed by atoms with Gasteiger partial charge < -0.3 is 10.5 Å². The van der Waals surface area contributed by atoms with Crippen LogP contribution in [-0.4, -0.2) is 18.2 Å². The predicted octanol–water partition coefficient (Wildman–Crippen LogP) is 2.85. The van der Waals surface area contributed by atoms with Gasteiger partial charge in [0, 0.05) is 12.1 Å². The van der Waals surface area contributed by atoms with E-state index in [-0.39, 0.29) is 5.54 Å². The third-order valence-electron chi connectivity index (χ3n) is 4.22. The van der Waals surface area contributed by atoms with Crippen molar-refractivity contribution in [2.75, 3.05) is 6.61 Å². The maximum atomic E-state index is 6.52. The quantitative estimate of drug-likeness (QED) is 0.779. The Labute approximate surface area is 93.6 Å². The van der Waals surface area contributed by atoms with E-state index in [1.54, 1.807) is 0 Å². The largest absolute Gasteiger partial charge is 0.378 e.